The molecule has 2 unspecified atom stereocenters. The van der Waals surface area contributed by atoms with Gasteiger partial charge in [0, 0.05) is 30.0 Å². The van der Waals surface area contributed by atoms with Gasteiger partial charge in [-0.3, -0.25) is 9.79 Å². The molecule has 0 fully saturated rings. The van der Waals surface area contributed by atoms with Gasteiger partial charge in [0.15, 0.2) is 11.5 Å². The zero-order valence-electron chi connectivity index (χ0n) is 17.1. The monoisotopic (exact) mass is 420 g/mol. The van der Waals surface area contributed by atoms with E-state index in [1.54, 1.807) is 17.2 Å². The Labute approximate surface area is 178 Å². The molecule has 0 saturated heterocycles. The first-order valence-corrected chi connectivity index (χ1v) is 10.4. The summed E-state index contributed by atoms with van der Waals surface area (Å²) >= 11 is 0. The lowest BCUT2D eigenvalue weighted by atomic mass is 9.77. The highest BCUT2D eigenvalue weighted by Gasteiger charge is 2.57. The largest absolute Gasteiger partial charge is 0.491 e. The molecule has 2 aromatic rings. The zero-order valence-corrected chi connectivity index (χ0v) is 17.1. The molecule has 6 rings (SSSR count). The Hall–Kier alpha value is -3.35. The van der Waals surface area contributed by atoms with E-state index >= 15 is 0 Å². The van der Waals surface area contributed by atoms with Crippen LogP contribution in [0.15, 0.2) is 53.2 Å². The Morgan fingerprint density at radius 2 is 1.84 bits per heavy atom. The first-order valence-electron chi connectivity index (χ1n) is 10.4. The molecular weight excluding hydrogens is 399 g/mol. The van der Waals surface area contributed by atoms with E-state index < -0.39 is 11.1 Å². The van der Waals surface area contributed by atoms with Crippen LogP contribution in [-0.4, -0.2) is 44.2 Å². The van der Waals surface area contributed by atoms with E-state index in [0.29, 0.717) is 36.2 Å². The number of carbonyl (C=O) groups is 1. The molecule has 2 atom stereocenters. The van der Waals surface area contributed by atoms with E-state index in [2.05, 4.69) is 4.99 Å². The Morgan fingerprint density at radius 3 is 2.65 bits per heavy atom. The molecule has 0 bridgehead atoms. The minimum atomic E-state index is -1.46. The molecule has 0 saturated carbocycles. The quantitative estimate of drug-likeness (QED) is 0.745. The molecule has 0 N–H and O–H groups in total. The Morgan fingerprint density at radius 1 is 1.06 bits per heavy atom. The SMILES string of the molecule is CC1(F)C=C(CN2C(=O)C3(COc4cc5c(cc43)OCCO5)c3ccccc32)N=CC1. The Kier molecular flexibility index (Phi) is 3.76. The summed E-state index contributed by atoms with van der Waals surface area (Å²) in [5.74, 6) is 1.76. The molecule has 158 valence electrons. The topological polar surface area (TPSA) is 60.4 Å². The number of nitrogens with zero attached hydrogens (tertiary/aromatic N) is 2. The van der Waals surface area contributed by atoms with Gasteiger partial charge in [-0.05, 0) is 30.7 Å². The first kappa shape index (κ1) is 18.4. The predicted octanol–water partition coefficient (Wildman–Crippen LogP) is 3.57. The van der Waals surface area contributed by atoms with Crippen molar-refractivity contribution in [3.05, 3.63) is 59.3 Å². The van der Waals surface area contributed by atoms with Crippen molar-refractivity contribution in [2.45, 2.75) is 24.4 Å². The number of aliphatic imine (C=N–C) groups is 1. The van der Waals surface area contributed by atoms with Crippen molar-refractivity contribution in [3.8, 4) is 17.2 Å². The van der Waals surface area contributed by atoms with Crippen LogP contribution in [0, 0.1) is 0 Å². The van der Waals surface area contributed by atoms with E-state index in [1.807, 2.05) is 30.3 Å². The van der Waals surface area contributed by atoms with E-state index in [9.17, 15) is 9.18 Å². The van der Waals surface area contributed by atoms with Crippen LogP contribution in [0.2, 0.25) is 0 Å². The number of hydrogen-bond acceptors (Lipinski definition) is 5. The molecule has 1 spiro atoms. The zero-order chi connectivity index (χ0) is 21.2. The number of alkyl halides is 1. The Bertz CT molecular complexity index is 1170. The van der Waals surface area contributed by atoms with Gasteiger partial charge in [0.25, 0.3) is 0 Å². The highest BCUT2D eigenvalue weighted by Crippen LogP contribution is 2.54. The molecule has 0 radical (unpaired) electrons. The minimum Gasteiger partial charge on any atom is -0.491 e. The molecule has 31 heavy (non-hydrogen) atoms. The molecule has 0 aromatic heterocycles. The number of allylic oxidation sites excluding steroid dienone is 1. The summed E-state index contributed by atoms with van der Waals surface area (Å²) in [6.45, 7) is 2.86. The fraction of sp³-hybridized carbons (Fsp3) is 0.333. The molecule has 7 heteroatoms. The van der Waals surface area contributed by atoms with E-state index in [1.165, 1.54) is 13.0 Å². The van der Waals surface area contributed by atoms with Crippen LogP contribution in [0.3, 0.4) is 0 Å². The number of carbonyl (C=O) groups excluding carboxylic acids is 1. The van der Waals surface area contributed by atoms with Crippen molar-refractivity contribution in [2.75, 3.05) is 31.3 Å². The van der Waals surface area contributed by atoms with Gasteiger partial charge in [0.05, 0.1) is 12.2 Å². The van der Waals surface area contributed by atoms with Gasteiger partial charge in [0.2, 0.25) is 5.91 Å². The van der Waals surface area contributed by atoms with Gasteiger partial charge in [-0.15, -0.1) is 0 Å². The van der Waals surface area contributed by atoms with Gasteiger partial charge < -0.3 is 19.1 Å². The molecule has 0 aliphatic carbocycles. The minimum absolute atomic E-state index is 0.105. The van der Waals surface area contributed by atoms with Crippen LogP contribution in [0.5, 0.6) is 17.2 Å². The number of anilines is 1. The summed E-state index contributed by atoms with van der Waals surface area (Å²) < 4.78 is 32.0. The molecular formula is C24H21FN2O4. The van der Waals surface area contributed by atoms with E-state index in [-0.39, 0.29) is 25.5 Å². The van der Waals surface area contributed by atoms with Gasteiger partial charge in [-0.1, -0.05) is 18.2 Å². The number of amides is 1. The highest BCUT2D eigenvalue weighted by molar-refractivity contribution is 6.12. The summed E-state index contributed by atoms with van der Waals surface area (Å²) in [4.78, 5) is 20.0. The maximum Gasteiger partial charge on any atom is 0.246 e. The normalized spacial score (nSPS) is 27.7. The summed E-state index contributed by atoms with van der Waals surface area (Å²) in [6.07, 6.45) is 3.32. The third-order valence-corrected chi connectivity index (χ3v) is 6.35. The smallest absolute Gasteiger partial charge is 0.246 e. The fourth-order valence-corrected chi connectivity index (χ4v) is 4.90. The molecule has 6 nitrogen and oxygen atoms in total. The number of para-hydroxylation sites is 1. The summed E-state index contributed by atoms with van der Waals surface area (Å²) in [5, 5.41) is 0. The highest BCUT2D eigenvalue weighted by atomic mass is 19.1. The van der Waals surface area contributed by atoms with Crippen molar-refractivity contribution < 1.29 is 23.4 Å². The second-order valence-corrected chi connectivity index (χ2v) is 8.52. The van der Waals surface area contributed by atoms with Crippen molar-refractivity contribution >= 4 is 17.8 Å². The maximum absolute atomic E-state index is 14.5. The van der Waals surface area contributed by atoms with Crippen molar-refractivity contribution in [1.82, 2.24) is 0 Å². The number of ether oxygens (including phenoxy) is 3. The van der Waals surface area contributed by atoms with Crippen LogP contribution in [0.1, 0.15) is 24.5 Å². The van der Waals surface area contributed by atoms with Gasteiger partial charge >= 0.3 is 0 Å². The maximum atomic E-state index is 14.5. The number of hydrogen-bond donors (Lipinski definition) is 0. The lowest BCUT2D eigenvalue weighted by Gasteiger charge is -2.26. The fourth-order valence-electron chi connectivity index (χ4n) is 4.90. The molecule has 4 aliphatic heterocycles. The van der Waals surface area contributed by atoms with Crippen LogP contribution in [0.25, 0.3) is 0 Å². The van der Waals surface area contributed by atoms with Crippen LogP contribution < -0.4 is 19.1 Å². The third-order valence-electron chi connectivity index (χ3n) is 6.35. The van der Waals surface area contributed by atoms with Gasteiger partial charge in [-0.25, -0.2) is 4.39 Å². The van der Waals surface area contributed by atoms with E-state index in [0.717, 1.165) is 16.8 Å². The van der Waals surface area contributed by atoms with Crippen LogP contribution in [0.4, 0.5) is 10.1 Å². The summed E-state index contributed by atoms with van der Waals surface area (Å²) in [7, 11) is 0. The molecule has 4 heterocycles. The number of halogens is 1. The average molecular weight is 420 g/mol. The van der Waals surface area contributed by atoms with Gasteiger partial charge in [0.1, 0.15) is 36.7 Å². The van der Waals surface area contributed by atoms with Crippen molar-refractivity contribution in [3.63, 3.8) is 0 Å². The molecule has 1 amide bonds. The lowest BCUT2D eigenvalue weighted by Crippen LogP contribution is -2.43. The summed E-state index contributed by atoms with van der Waals surface area (Å²) in [6, 6.07) is 11.4. The second-order valence-electron chi connectivity index (χ2n) is 8.52. The first-order chi connectivity index (χ1) is 15.0. The van der Waals surface area contributed by atoms with Crippen LogP contribution >= 0.6 is 0 Å². The average Bonchev–Trinajstić information content (AvgIpc) is 3.24. The number of fused-ring (bicyclic) bond motifs is 5. The molecule has 2 aromatic carbocycles. The second kappa shape index (κ2) is 6.33. The predicted molar refractivity (Wildman–Crippen MR) is 113 cm³/mol. The van der Waals surface area contributed by atoms with Crippen LogP contribution in [-0.2, 0) is 10.2 Å². The lowest BCUT2D eigenvalue weighted by molar-refractivity contribution is -0.122. The van der Waals surface area contributed by atoms with Crippen molar-refractivity contribution in [1.29, 1.82) is 0 Å². The van der Waals surface area contributed by atoms with Gasteiger partial charge in [-0.2, -0.15) is 0 Å². The Balaban J connectivity index is 1.46. The molecule has 4 aliphatic rings. The number of rotatable bonds is 2. The van der Waals surface area contributed by atoms with Crippen molar-refractivity contribution in [2.24, 2.45) is 4.99 Å². The van der Waals surface area contributed by atoms with E-state index in [4.69, 9.17) is 14.2 Å². The third kappa shape index (κ3) is 2.62. The summed E-state index contributed by atoms with van der Waals surface area (Å²) in [5.41, 5.74) is 0.543. The number of benzene rings is 2. The standard InChI is InChI=1S/C24H21FN2O4/c1-23(25)6-7-26-15(12-23)13-27-18-5-3-2-4-16(18)24(22(27)28)14-31-19-11-21-20(10-17(19)24)29-8-9-30-21/h2-5,7,10-12H,6,8-9,13-14H2,1H3.